The molecule has 0 atom stereocenters. The van der Waals surface area contributed by atoms with Crippen molar-refractivity contribution in [2.45, 2.75) is 18.8 Å². The zero-order valence-electron chi connectivity index (χ0n) is 11.5. The minimum Gasteiger partial charge on any atom is -0.325 e. The maximum atomic E-state index is 12.7. The normalized spacial score (nSPS) is 11.9. The molecule has 0 aliphatic rings. The zero-order chi connectivity index (χ0) is 17.7. The fourth-order valence-corrected chi connectivity index (χ4v) is 1.59. The van der Waals surface area contributed by atoms with E-state index in [0.717, 1.165) is 12.1 Å². The molecule has 0 aromatic heterocycles. The molecule has 0 fully saturated rings. The summed E-state index contributed by atoms with van der Waals surface area (Å²) in [4.78, 5) is 11.5. The number of nitrogens with one attached hydrogen (secondary N) is 2. The maximum Gasteiger partial charge on any atom is 0.417 e. The van der Waals surface area contributed by atoms with Gasteiger partial charge in [-0.2, -0.15) is 31.6 Å². The predicted octanol–water partition coefficient (Wildman–Crippen LogP) is 3.06. The second kappa shape index (κ2) is 7.32. The van der Waals surface area contributed by atoms with Gasteiger partial charge in [-0.05, 0) is 18.2 Å². The molecule has 1 rings (SSSR count). The average molecular weight is 339 g/mol. The number of nitriles is 1. The number of amides is 1. The summed E-state index contributed by atoms with van der Waals surface area (Å²) in [5, 5.41) is 13.0. The van der Waals surface area contributed by atoms with E-state index in [2.05, 4.69) is 10.6 Å². The number of hydrogen-bond donors (Lipinski definition) is 2. The summed E-state index contributed by atoms with van der Waals surface area (Å²) in [5.74, 6) is -0.801. The van der Waals surface area contributed by atoms with Crippen molar-refractivity contribution in [2.75, 3.05) is 18.4 Å². The fraction of sp³-hybridized carbons (Fsp3) is 0.385. The number of halogens is 6. The van der Waals surface area contributed by atoms with E-state index in [1.54, 1.807) is 0 Å². The smallest absolute Gasteiger partial charge is 0.325 e. The van der Waals surface area contributed by atoms with Crippen molar-refractivity contribution in [3.05, 3.63) is 29.3 Å². The molecule has 4 nitrogen and oxygen atoms in total. The molecule has 0 aliphatic carbocycles. The standard InChI is InChI=1S/C13H11F6N3O/c14-12(15,16)3-4-21-7-11(23)22-9-2-1-8(6-20)10(5-9)13(17,18)19/h1-2,5,21H,3-4,7H2,(H,22,23). The minimum absolute atomic E-state index is 0.209. The topological polar surface area (TPSA) is 64.9 Å². The van der Waals surface area contributed by atoms with Crippen LogP contribution in [0.1, 0.15) is 17.5 Å². The van der Waals surface area contributed by atoms with Crippen molar-refractivity contribution in [1.82, 2.24) is 5.32 Å². The third kappa shape index (κ3) is 6.56. The van der Waals surface area contributed by atoms with E-state index >= 15 is 0 Å². The van der Waals surface area contributed by atoms with Crippen LogP contribution in [0.25, 0.3) is 0 Å². The summed E-state index contributed by atoms with van der Waals surface area (Å²) in [5.41, 5.74) is -2.01. The lowest BCUT2D eigenvalue weighted by Crippen LogP contribution is -2.30. The Labute approximate surface area is 127 Å². The molecule has 10 heteroatoms. The Morgan fingerprint density at radius 3 is 2.35 bits per heavy atom. The first-order valence-corrected chi connectivity index (χ1v) is 6.21. The second-order valence-corrected chi connectivity index (χ2v) is 4.46. The van der Waals surface area contributed by atoms with Gasteiger partial charge in [0.15, 0.2) is 0 Å². The molecule has 0 bridgehead atoms. The van der Waals surface area contributed by atoms with Crippen molar-refractivity contribution in [3.8, 4) is 6.07 Å². The van der Waals surface area contributed by atoms with Crippen LogP contribution in [0.5, 0.6) is 0 Å². The number of carbonyl (C=O) groups excluding carboxylic acids is 1. The molecular weight excluding hydrogens is 328 g/mol. The van der Waals surface area contributed by atoms with Gasteiger partial charge in [0.2, 0.25) is 5.91 Å². The van der Waals surface area contributed by atoms with Crippen LogP contribution < -0.4 is 10.6 Å². The molecule has 126 valence electrons. The molecule has 0 heterocycles. The van der Waals surface area contributed by atoms with Gasteiger partial charge in [-0.25, -0.2) is 0 Å². The Kier molecular flexibility index (Phi) is 5.98. The number of carbonyl (C=O) groups is 1. The van der Waals surface area contributed by atoms with E-state index in [-0.39, 0.29) is 5.69 Å². The molecule has 1 amide bonds. The predicted molar refractivity (Wildman–Crippen MR) is 68.3 cm³/mol. The summed E-state index contributed by atoms with van der Waals surface area (Å²) in [6.45, 7) is -0.977. The van der Waals surface area contributed by atoms with Gasteiger partial charge in [-0.15, -0.1) is 0 Å². The van der Waals surface area contributed by atoms with Crippen LogP contribution in [0, 0.1) is 11.3 Å². The SMILES string of the molecule is N#Cc1ccc(NC(=O)CNCCC(F)(F)F)cc1C(F)(F)F. The average Bonchev–Trinajstić information content (AvgIpc) is 2.41. The summed E-state index contributed by atoms with van der Waals surface area (Å²) >= 11 is 0. The molecular formula is C13H11F6N3O. The summed E-state index contributed by atoms with van der Waals surface area (Å²) in [6, 6.07) is 3.97. The van der Waals surface area contributed by atoms with E-state index in [0.29, 0.717) is 6.07 Å². The van der Waals surface area contributed by atoms with Crippen molar-refractivity contribution in [1.29, 1.82) is 5.26 Å². The highest BCUT2D eigenvalue weighted by molar-refractivity contribution is 5.92. The van der Waals surface area contributed by atoms with E-state index in [9.17, 15) is 31.1 Å². The highest BCUT2D eigenvalue weighted by atomic mass is 19.4. The van der Waals surface area contributed by atoms with E-state index in [4.69, 9.17) is 5.26 Å². The van der Waals surface area contributed by atoms with Gasteiger partial charge in [0.05, 0.1) is 30.2 Å². The molecule has 0 radical (unpaired) electrons. The monoisotopic (exact) mass is 339 g/mol. The van der Waals surface area contributed by atoms with Gasteiger partial charge in [0, 0.05) is 12.2 Å². The van der Waals surface area contributed by atoms with Crippen LogP contribution in [-0.2, 0) is 11.0 Å². The number of hydrogen-bond acceptors (Lipinski definition) is 3. The number of alkyl halides is 6. The largest absolute Gasteiger partial charge is 0.417 e. The molecule has 0 unspecified atom stereocenters. The first kappa shape index (κ1) is 18.8. The molecule has 23 heavy (non-hydrogen) atoms. The Morgan fingerprint density at radius 2 is 1.83 bits per heavy atom. The van der Waals surface area contributed by atoms with Crippen LogP contribution in [0.3, 0.4) is 0 Å². The van der Waals surface area contributed by atoms with E-state index < -0.39 is 48.9 Å². The highest BCUT2D eigenvalue weighted by Crippen LogP contribution is 2.33. The van der Waals surface area contributed by atoms with Gasteiger partial charge in [0.25, 0.3) is 0 Å². The molecule has 0 saturated carbocycles. The van der Waals surface area contributed by atoms with Crippen LogP contribution in [-0.4, -0.2) is 25.2 Å². The van der Waals surface area contributed by atoms with Gasteiger partial charge in [-0.3, -0.25) is 4.79 Å². The lowest BCUT2D eigenvalue weighted by Gasteiger charge is -2.12. The van der Waals surface area contributed by atoms with Gasteiger partial charge >= 0.3 is 12.4 Å². The Balaban J connectivity index is 2.64. The Bertz CT molecular complexity index is 603. The zero-order valence-corrected chi connectivity index (χ0v) is 11.5. The Morgan fingerprint density at radius 1 is 1.17 bits per heavy atom. The summed E-state index contributed by atoms with van der Waals surface area (Å²) in [6.07, 6.45) is -10.3. The number of benzene rings is 1. The lowest BCUT2D eigenvalue weighted by atomic mass is 10.1. The van der Waals surface area contributed by atoms with Crippen molar-refractivity contribution >= 4 is 11.6 Å². The van der Waals surface area contributed by atoms with E-state index in [1.807, 2.05) is 0 Å². The maximum absolute atomic E-state index is 12.7. The van der Waals surface area contributed by atoms with Gasteiger partial charge in [-0.1, -0.05) is 0 Å². The molecule has 2 N–H and O–H groups in total. The first-order valence-electron chi connectivity index (χ1n) is 6.21. The highest BCUT2D eigenvalue weighted by Gasteiger charge is 2.34. The number of rotatable bonds is 5. The fourth-order valence-electron chi connectivity index (χ4n) is 1.59. The number of nitrogens with zero attached hydrogens (tertiary/aromatic N) is 1. The van der Waals surface area contributed by atoms with Gasteiger partial charge in [0.1, 0.15) is 0 Å². The quantitative estimate of drug-likeness (QED) is 0.640. The molecule has 0 spiro atoms. The lowest BCUT2D eigenvalue weighted by molar-refractivity contribution is -0.137. The van der Waals surface area contributed by atoms with E-state index in [1.165, 1.54) is 6.07 Å². The number of anilines is 1. The van der Waals surface area contributed by atoms with Crippen molar-refractivity contribution < 1.29 is 31.1 Å². The van der Waals surface area contributed by atoms with Crippen molar-refractivity contribution in [2.24, 2.45) is 0 Å². The van der Waals surface area contributed by atoms with Gasteiger partial charge < -0.3 is 10.6 Å². The molecule has 1 aromatic rings. The molecule has 0 saturated heterocycles. The third-order valence-electron chi connectivity index (χ3n) is 2.60. The van der Waals surface area contributed by atoms with Crippen molar-refractivity contribution in [3.63, 3.8) is 0 Å². The first-order chi connectivity index (χ1) is 10.5. The summed E-state index contributed by atoms with van der Waals surface area (Å²) in [7, 11) is 0. The van der Waals surface area contributed by atoms with Crippen LogP contribution in [0.15, 0.2) is 18.2 Å². The van der Waals surface area contributed by atoms with Crippen LogP contribution >= 0.6 is 0 Å². The Hall–Kier alpha value is -2.28. The third-order valence-corrected chi connectivity index (χ3v) is 2.60. The molecule has 0 aliphatic heterocycles. The second-order valence-electron chi connectivity index (χ2n) is 4.46. The molecule has 1 aromatic carbocycles. The van der Waals surface area contributed by atoms with Crippen LogP contribution in [0.2, 0.25) is 0 Å². The summed E-state index contributed by atoms with van der Waals surface area (Å²) < 4.78 is 73.8. The minimum atomic E-state index is -4.77. The van der Waals surface area contributed by atoms with Crippen LogP contribution in [0.4, 0.5) is 32.0 Å².